The van der Waals surface area contributed by atoms with Crippen LogP contribution in [-0.2, 0) is 14.6 Å². The van der Waals surface area contributed by atoms with Crippen molar-refractivity contribution in [3.05, 3.63) is 63.8 Å². The van der Waals surface area contributed by atoms with E-state index in [0.29, 0.717) is 30.4 Å². The lowest BCUT2D eigenvalue weighted by atomic mass is 9.90. The number of hydrogen-bond acceptors (Lipinski definition) is 6. The number of benzene rings is 2. The van der Waals surface area contributed by atoms with Gasteiger partial charge in [-0.1, -0.05) is 23.8 Å². The average Bonchev–Trinajstić information content (AvgIpc) is 3.19. The molecule has 0 unspecified atom stereocenters. The average molecular weight is 472 g/mol. The number of aryl methyl sites for hydroxylation is 1. The zero-order chi connectivity index (χ0) is 22.9. The van der Waals surface area contributed by atoms with Gasteiger partial charge in [-0.3, -0.25) is 4.79 Å². The second kappa shape index (κ2) is 8.96. The van der Waals surface area contributed by atoms with E-state index < -0.39 is 9.84 Å². The van der Waals surface area contributed by atoms with E-state index in [1.807, 2.05) is 39.0 Å². The highest BCUT2D eigenvalue weighted by Crippen LogP contribution is 2.47. The SMILES string of the molecule is CCOc1ccc([C@H]2CC(=O)Nc3c(S(=O)(=O)c4ccc(C)cc4)csc32)cc1OCC. The molecule has 2 heterocycles. The van der Waals surface area contributed by atoms with Crippen LogP contribution in [0.3, 0.4) is 0 Å². The fourth-order valence-corrected chi connectivity index (χ4v) is 6.71. The van der Waals surface area contributed by atoms with Crippen LogP contribution in [0.5, 0.6) is 11.5 Å². The van der Waals surface area contributed by atoms with Gasteiger partial charge in [0.15, 0.2) is 11.5 Å². The van der Waals surface area contributed by atoms with E-state index in [0.717, 1.165) is 16.0 Å². The van der Waals surface area contributed by atoms with Crippen LogP contribution in [0.4, 0.5) is 5.69 Å². The molecule has 168 valence electrons. The van der Waals surface area contributed by atoms with E-state index in [1.165, 1.54) is 11.3 Å². The number of ether oxygens (including phenoxy) is 2. The lowest BCUT2D eigenvalue weighted by Crippen LogP contribution is -2.23. The van der Waals surface area contributed by atoms with E-state index in [1.54, 1.807) is 29.6 Å². The molecule has 0 spiro atoms. The number of fused-ring (bicyclic) bond motifs is 1. The zero-order valence-corrected chi connectivity index (χ0v) is 19.8. The number of amides is 1. The molecule has 1 aliphatic heterocycles. The van der Waals surface area contributed by atoms with Crippen molar-refractivity contribution in [1.29, 1.82) is 0 Å². The van der Waals surface area contributed by atoms with Crippen molar-refractivity contribution in [2.75, 3.05) is 18.5 Å². The number of rotatable bonds is 7. The van der Waals surface area contributed by atoms with E-state index in [-0.39, 0.29) is 28.0 Å². The Kier molecular flexibility index (Phi) is 6.26. The Morgan fingerprint density at radius 1 is 1.03 bits per heavy atom. The fourth-order valence-electron chi connectivity index (χ4n) is 3.80. The highest BCUT2D eigenvalue weighted by atomic mass is 32.2. The summed E-state index contributed by atoms with van der Waals surface area (Å²) in [6.45, 7) is 6.71. The summed E-state index contributed by atoms with van der Waals surface area (Å²) in [5.74, 6) is 0.782. The third kappa shape index (κ3) is 4.12. The van der Waals surface area contributed by atoms with Gasteiger partial charge < -0.3 is 14.8 Å². The summed E-state index contributed by atoms with van der Waals surface area (Å²) in [6, 6.07) is 12.4. The lowest BCUT2D eigenvalue weighted by molar-refractivity contribution is -0.116. The standard InChI is InChI=1S/C24H25NO5S2/c1-4-29-19-11-8-16(12-20(19)30-5-2)18-13-22(26)25-23-21(14-31-24(18)23)32(27,28)17-9-6-15(3)7-10-17/h6-12,14,18H,4-5,13H2,1-3H3,(H,25,26)/t18-/m1/s1. The van der Waals surface area contributed by atoms with Gasteiger partial charge in [0.1, 0.15) is 4.90 Å². The third-order valence-corrected chi connectivity index (χ3v) is 8.39. The van der Waals surface area contributed by atoms with Gasteiger partial charge in [-0.15, -0.1) is 11.3 Å². The Bertz CT molecular complexity index is 1250. The van der Waals surface area contributed by atoms with Crippen molar-refractivity contribution in [3.8, 4) is 11.5 Å². The molecular weight excluding hydrogens is 446 g/mol. The second-order valence-electron chi connectivity index (χ2n) is 7.53. The monoisotopic (exact) mass is 471 g/mol. The highest BCUT2D eigenvalue weighted by molar-refractivity contribution is 7.91. The Labute approximate surface area is 192 Å². The van der Waals surface area contributed by atoms with Gasteiger partial charge in [-0.05, 0) is 50.6 Å². The Balaban J connectivity index is 1.77. The summed E-state index contributed by atoms with van der Waals surface area (Å²) >= 11 is 1.35. The number of carbonyl (C=O) groups is 1. The van der Waals surface area contributed by atoms with Crippen LogP contribution in [0.15, 0.2) is 57.6 Å². The molecule has 0 fully saturated rings. The van der Waals surface area contributed by atoms with Crippen LogP contribution in [0, 0.1) is 6.92 Å². The summed E-state index contributed by atoms with van der Waals surface area (Å²) < 4.78 is 38.0. The summed E-state index contributed by atoms with van der Waals surface area (Å²) in [5.41, 5.74) is 2.24. The lowest BCUT2D eigenvalue weighted by Gasteiger charge is -2.24. The summed E-state index contributed by atoms with van der Waals surface area (Å²) in [6.07, 6.45) is 0.233. The highest BCUT2D eigenvalue weighted by Gasteiger charge is 2.34. The molecule has 0 saturated carbocycles. The predicted molar refractivity (Wildman–Crippen MR) is 125 cm³/mol. The molecule has 1 aliphatic rings. The molecule has 0 aliphatic carbocycles. The maximum Gasteiger partial charge on any atom is 0.225 e. The molecule has 32 heavy (non-hydrogen) atoms. The van der Waals surface area contributed by atoms with Crippen LogP contribution < -0.4 is 14.8 Å². The first-order valence-electron chi connectivity index (χ1n) is 10.5. The Morgan fingerprint density at radius 3 is 2.41 bits per heavy atom. The van der Waals surface area contributed by atoms with Crippen LogP contribution in [-0.4, -0.2) is 27.5 Å². The van der Waals surface area contributed by atoms with Crippen LogP contribution in [0.1, 0.15) is 42.2 Å². The molecule has 8 heteroatoms. The predicted octanol–water partition coefficient (Wildman–Crippen LogP) is 5.16. The first kappa shape index (κ1) is 22.4. The molecule has 1 aromatic heterocycles. The van der Waals surface area contributed by atoms with Crippen molar-refractivity contribution in [3.63, 3.8) is 0 Å². The largest absolute Gasteiger partial charge is 0.490 e. The zero-order valence-electron chi connectivity index (χ0n) is 18.2. The number of nitrogens with one attached hydrogen (secondary N) is 1. The molecule has 4 rings (SSSR count). The molecule has 2 aromatic carbocycles. The van der Waals surface area contributed by atoms with Gasteiger partial charge in [0, 0.05) is 22.6 Å². The smallest absolute Gasteiger partial charge is 0.225 e. The minimum absolute atomic E-state index is 0.135. The van der Waals surface area contributed by atoms with E-state index in [2.05, 4.69) is 5.32 Å². The maximum atomic E-state index is 13.3. The minimum Gasteiger partial charge on any atom is -0.490 e. The molecule has 1 N–H and O–H groups in total. The first-order valence-corrected chi connectivity index (χ1v) is 12.8. The normalized spacial score (nSPS) is 15.7. The number of sulfone groups is 1. The van der Waals surface area contributed by atoms with Crippen LogP contribution in [0.25, 0.3) is 0 Å². The summed E-state index contributed by atoms with van der Waals surface area (Å²) in [4.78, 5) is 13.8. The Morgan fingerprint density at radius 2 is 1.72 bits per heavy atom. The van der Waals surface area contributed by atoms with E-state index in [9.17, 15) is 13.2 Å². The van der Waals surface area contributed by atoms with Crippen LogP contribution >= 0.6 is 11.3 Å². The van der Waals surface area contributed by atoms with Crippen molar-refractivity contribution in [2.24, 2.45) is 0 Å². The topological polar surface area (TPSA) is 81.7 Å². The maximum absolute atomic E-state index is 13.3. The van der Waals surface area contributed by atoms with Gasteiger partial charge in [-0.2, -0.15) is 0 Å². The van der Waals surface area contributed by atoms with Crippen molar-refractivity contribution >= 4 is 32.8 Å². The minimum atomic E-state index is -3.76. The fraction of sp³-hybridized carbons (Fsp3) is 0.292. The van der Waals surface area contributed by atoms with Gasteiger partial charge in [0.05, 0.1) is 23.8 Å². The summed E-state index contributed by atoms with van der Waals surface area (Å²) in [5, 5.41) is 4.42. The number of thiophene rings is 1. The molecule has 0 bridgehead atoms. The molecule has 0 radical (unpaired) electrons. The number of carbonyl (C=O) groups excluding carboxylic acids is 1. The molecular formula is C24H25NO5S2. The molecule has 1 amide bonds. The van der Waals surface area contributed by atoms with Crippen LogP contribution in [0.2, 0.25) is 0 Å². The van der Waals surface area contributed by atoms with Crippen molar-refractivity contribution < 1.29 is 22.7 Å². The van der Waals surface area contributed by atoms with Gasteiger partial charge in [-0.25, -0.2) is 8.42 Å². The van der Waals surface area contributed by atoms with Crippen molar-refractivity contribution in [2.45, 2.75) is 42.9 Å². The van der Waals surface area contributed by atoms with Gasteiger partial charge in [0.25, 0.3) is 0 Å². The summed E-state index contributed by atoms with van der Waals surface area (Å²) in [7, 11) is -3.76. The third-order valence-electron chi connectivity index (χ3n) is 5.35. The molecule has 0 saturated heterocycles. The van der Waals surface area contributed by atoms with Gasteiger partial charge in [0.2, 0.25) is 15.7 Å². The number of hydrogen-bond donors (Lipinski definition) is 1. The Hall–Kier alpha value is -2.84. The van der Waals surface area contributed by atoms with E-state index >= 15 is 0 Å². The van der Waals surface area contributed by atoms with Crippen molar-refractivity contribution in [1.82, 2.24) is 0 Å². The molecule has 1 atom stereocenters. The molecule has 6 nitrogen and oxygen atoms in total. The van der Waals surface area contributed by atoms with Gasteiger partial charge >= 0.3 is 0 Å². The quantitative estimate of drug-likeness (QED) is 0.515. The number of anilines is 1. The second-order valence-corrected chi connectivity index (χ2v) is 10.4. The van der Waals surface area contributed by atoms with E-state index in [4.69, 9.17) is 9.47 Å². The first-order chi connectivity index (χ1) is 15.3. The molecule has 3 aromatic rings.